The molecule has 1 atom stereocenters. The third-order valence-corrected chi connectivity index (χ3v) is 4.08. The van der Waals surface area contributed by atoms with Crippen LogP contribution in [0.1, 0.15) is 27.7 Å². The number of carbonyl (C=O) groups excluding carboxylic acids is 1. The van der Waals surface area contributed by atoms with Gasteiger partial charge in [0.05, 0.1) is 12.3 Å². The van der Waals surface area contributed by atoms with Gasteiger partial charge in [0.25, 0.3) is 5.91 Å². The third-order valence-electron chi connectivity index (χ3n) is 4.08. The quantitative estimate of drug-likeness (QED) is 0.851. The number of carbonyl (C=O) groups is 1. The van der Waals surface area contributed by atoms with Crippen molar-refractivity contribution in [2.75, 3.05) is 26.7 Å². The van der Waals surface area contributed by atoms with Gasteiger partial charge in [-0.05, 0) is 25.6 Å². The molecule has 0 aliphatic carbocycles. The number of amides is 1. The van der Waals surface area contributed by atoms with E-state index in [1.54, 1.807) is 6.26 Å². The van der Waals surface area contributed by atoms with Crippen molar-refractivity contribution in [3.05, 3.63) is 59.5 Å². The van der Waals surface area contributed by atoms with Crippen LogP contribution >= 0.6 is 0 Å². The summed E-state index contributed by atoms with van der Waals surface area (Å²) in [5, 5.41) is 0. The van der Waals surface area contributed by atoms with Crippen LogP contribution in [0, 0.1) is 6.92 Å². The maximum atomic E-state index is 12.8. The minimum atomic E-state index is -0.0144. The van der Waals surface area contributed by atoms with Gasteiger partial charge < -0.3 is 14.2 Å². The smallest absolute Gasteiger partial charge is 0.290 e. The first-order chi connectivity index (χ1) is 10.2. The number of furan rings is 1. The van der Waals surface area contributed by atoms with Crippen LogP contribution in [0.2, 0.25) is 0 Å². The standard InChI is InChI=1S/C17H20N2O2/c1-13-8-11-21-16(13)17(20)19-10-9-18(2)12-15(19)14-6-4-3-5-7-14/h3-8,11,15H,9-10,12H2,1-2H3/t15-/m1/s1. The van der Waals surface area contributed by atoms with Crippen LogP contribution < -0.4 is 0 Å². The van der Waals surface area contributed by atoms with Crippen LogP contribution in [-0.2, 0) is 0 Å². The Kier molecular flexibility index (Phi) is 3.80. The van der Waals surface area contributed by atoms with E-state index in [-0.39, 0.29) is 11.9 Å². The fourth-order valence-electron chi connectivity index (χ4n) is 2.85. The number of hydrogen-bond donors (Lipinski definition) is 0. The molecule has 0 bridgehead atoms. The summed E-state index contributed by atoms with van der Waals surface area (Å²) in [7, 11) is 2.09. The first-order valence-electron chi connectivity index (χ1n) is 7.25. The number of aryl methyl sites for hydroxylation is 1. The molecular formula is C17H20N2O2. The molecule has 0 N–H and O–H groups in total. The Hall–Kier alpha value is -2.07. The Bertz CT molecular complexity index is 621. The summed E-state index contributed by atoms with van der Waals surface area (Å²) in [5.41, 5.74) is 2.06. The summed E-state index contributed by atoms with van der Waals surface area (Å²) < 4.78 is 5.39. The van der Waals surface area contributed by atoms with Gasteiger partial charge in [-0.25, -0.2) is 0 Å². The molecule has 0 radical (unpaired) electrons. The number of hydrogen-bond acceptors (Lipinski definition) is 3. The summed E-state index contributed by atoms with van der Waals surface area (Å²) in [5.74, 6) is 0.444. The average molecular weight is 284 g/mol. The Balaban J connectivity index is 1.91. The summed E-state index contributed by atoms with van der Waals surface area (Å²) >= 11 is 0. The van der Waals surface area contributed by atoms with E-state index in [9.17, 15) is 4.79 Å². The molecule has 1 amide bonds. The molecular weight excluding hydrogens is 264 g/mol. The first kappa shape index (κ1) is 13.9. The predicted molar refractivity (Wildman–Crippen MR) is 81.2 cm³/mol. The van der Waals surface area contributed by atoms with Gasteiger partial charge in [-0.15, -0.1) is 0 Å². The van der Waals surface area contributed by atoms with Gasteiger partial charge in [0.15, 0.2) is 5.76 Å². The number of piperazine rings is 1. The maximum absolute atomic E-state index is 12.8. The molecule has 2 aromatic rings. The number of rotatable bonds is 2. The van der Waals surface area contributed by atoms with Gasteiger partial charge >= 0.3 is 0 Å². The molecule has 0 saturated carbocycles. The zero-order valence-corrected chi connectivity index (χ0v) is 12.5. The van der Waals surface area contributed by atoms with Crippen LogP contribution in [0.15, 0.2) is 47.1 Å². The Morgan fingerprint density at radius 2 is 1.95 bits per heavy atom. The van der Waals surface area contributed by atoms with E-state index >= 15 is 0 Å². The van der Waals surface area contributed by atoms with E-state index in [0.29, 0.717) is 5.76 Å². The molecule has 2 heterocycles. The van der Waals surface area contributed by atoms with Gasteiger partial charge in [-0.2, -0.15) is 0 Å². The Morgan fingerprint density at radius 1 is 1.19 bits per heavy atom. The molecule has 4 nitrogen and oxygen atoms in total. The summed E-state index contributed by atoms with van der Waals surface area (Å²) in [6.07, 6.45) is 1.58. The molecule has 1 aliphatic heterocycles. The number of likely N-dealkylation sites (N-methyl/N-ethyl adjacent to an activating group) is 1. The highest BCUT2D eigenvalue weighted by atomic mass is 16.3. The average Bonchev–Trinajstić information content (AvgIpc) is 2.93. The van der Waals surface area contributed by atoms with Crippen molar-refractivity contribution in [3.63, 3.8) is 0 Å². The van der Waals surface area contributed by atoms with E-state index < -0.39 is 0 Å². The minimum absolute atomic E-state index is 0.0144. The van der Waals surface area contributed by atoms with E-state index in [4.69, 9.17) is 4.42 Å². The molecule has 3 rings (SSSR count). The van der Waals surface area contributed by atoms with E-state index in [1.165, 1.54) is 5.56 Å². The van der Waals surface area contributed by atoms with E-state index in [0.717, 1.165) is 25.2 Å². The molecule has 1 aromatic carbocycles. The van der Waals surface area contributed by atoms with Crippen LogP contribution in [0.25, 0.3) is 0 Å². The van der Waals surface area contributed by atoms with Crippen LogP contribution in [0.4, 0.5) is 0 Å². The third kappa shape index (κ3) is 2.72. The fraction of sp³-hybridized carbons (Fsp3) is 0.353. The molecule has 0 spiro atoms. The normalized spacial score (nSPS) is 19.7. The lowest BCUT2D eigenvalue weighted by Crippen LogP contribution is -2.49. The van der Waals surface area contributed by atoms with Crippen LogP contribution in [0.3, 0.4) is 0 Å². The molecule has 110 valence electrons. The summed E-state index contributed by atoms with van der Waals surface area (Å²) in [6, 6.07) is 12.1. The van der Waals surface area contributed by atoms with Gasteiger partial charge in [0.2, 0.25) is 0 Å². The highest BCUT2D eigenvalue weighted by molar-refractivity contribution is 5.93. The molecule has 21 heavy (non-hydrogen) atoms. The summed E-state index contributed by atoms with van der Waals surface area (Å²) in [4.78, 5) is 17.0. The molecule has 1 aromatic heterocycles. The van der Waals surface area contributed by atoms with Crippen molar-refractivity contribution in [3.8, 4) is 0 Å². The minimum Gasteiger partial charge on any atom is -0.459 e. The van der Waals surface area contributed by atoms with Gasteiger partial charge in [-0.1, -0.05) is 30.3 Å². The molecule has 0 unspecified atom stereocenters. The molecule has 1 fully saturated rings. The highest BCUT2D eigenvalue weighted by Gasteiger charge is 2.32. The van der Waals surface area contributed by atoms with E-state index in [1.807, 2.05) is 36.1 Å². The maximum Gasteiger partial charge on any atom is 0.290 e. The van der Waals surface area contributed by atoms with Crippen LogP contribution in [0.5, 0.6) is 0 Å². The van der Waals surface area contributed by atoms with Crippen LogP contribution in [-0.4, -0.2) is 42.4 Å². The lowest BCUT2D eigenvalue weighted by Gasteiger charge is -2.40. The van der Waals surface area contributed by atoms with Crippen molar-refractivity contribution < 1.29 is 9.21 Å². The highest BCUT2D eigenvalue weighted by Crippen LogP contribution is 2.27. The molecule has 4 heteroatoms. The fourth-order valence-corrected chi connectivity index (χ4v) is 2.85. The lowest BCUT2D eigenvalue weighted by molar-refractivity contribution is 0.0467. The monoisotopic (exact) mass is 284 g/mol. The summed E-state index contributed by atoms with van der Waals surface area (Å²) in [6.45, 7) is 4.35. The van der Waals surface area contributed by atoms with Crippen molar-refractivity contribution in [2.45, 2.75) is 13.0 Å². The lowest BCUT2D eigenvalue weighted by atomic mass is 10.0. The Labute approximate surface area is 125 Å². The first-order valence-corrected chi connectivity index (χ1v) is 7.25. The zero-order valence-electron chi connectivity index (χ0n) is 12.5. The SMILES string of the molecule is Cc1ccoc1C(=O)N1CCN(C)C[C@@H]1c1ccccc1. The molecule has 1 saturated heterocycles. The molecule has 1 aliphatic rings. The van der Waals surface area contributed by atoms with Crippen molar-refractivity contribution >= 4 is 5.91 Å². The van der Waals surface area contributed by atoms with Crippen molar-refractivity contribution in [1.29, 1.82) is 0 Å². The second-order valence-electron chi connectivity index (χ2n) is 5.62. The zero-order chi connectivity index (χ0) is 14.8. The Morgan fingerprint density at radius 3 is 2.62 bits per heavy atom. The van der Waals surface area contributed by atoms with Crippen molar-refractivity contribution in [2.24, 2.45) is 0 Å². The topological polar surface area (TPSA) is 36.7 Å². The second kappa shape index (κ2) is 5.74. The van der Waals surface area contributed by atoms with Gasteiger partial charge in [-0.3, -0.25) is 4.79 Å². The predicted octanol–water partition coefficient (Wildman–Crippen LogP) is 2.72. The van der Waals surface area contributed by atoms with Gasteiger partial charge in [0.1, 0.15) is 0 Å². The second-order valence-corrected chi connectivity index (χ2v) is 5.62. The van der Waals surface area contributed by atoms with E-state index in [2.05, 4.69) is 24.1 Å². The number of benzene rings is 1. The number of nitrogens with zero attached hydrogens (tertiary/aromatic N) is 2. The largest absolute Gasteiger partial charge is 0.459 e. The van der Waals surface area contributed by atoms with Crippen molar-refractivity contribution in [1.82, 2.24) is 9.80 Å². The van der Waals surface area contributed by atoms with Gasteiger partial charge in [0, 0.05) is 25.2 Å².